The first-order chi connectivity index (χ1) is 16.9. The summed E-state index contributed by atoms with van der Waals surface area (Å²) in [6.07, 6.45) is 0.788. The van der Waals surface area contributed by atoms with E-state index in [1.807, 2.05) is 31.2 Å². The molecule has 4 rings (SSSR count). The maximum atomic E-state index is 13.1. The molecular formula is C26H20FN5O2S. The van der Waals surface area contributed by atoms with Gasteiger partial charge in [-0.05, 0) is 72.6 Å². The van der Waals surface area contributed by atoms with Crippen molar-refractivity contribution < 1.29 is 13.9 Å². The van der Waals surface area contributed by atoms with Crippen molar-refractivity contribution in [3.63, 3.8) is 0 Å². The average Bonchev–Trinajstić information content (AvgIpc) is 2.85. The lowest BCUT2D eigenvalue weighted by molar-refractivity contribution is 0.214. The smallest absolute Gasteiger partial charge is 0.390 e. The maximum absolute atomic E-state index is 13.1. The van der Waals surface area contributed by atoms with Gasteiger partial charge in [-0.3, -0.25) is 5.32 Å². The van der Waals surface area contributed by atoms with E-state index in [4.69, 9.17) is 17.0 Å². The van der Waals surface area contributed by atoms with Crippen molar-refractivity contribution in [3.8, 4) is 11.9 Å². The number of pyridine rings is 1. The Hall–Kier alpha value is -4.55. The number of nitrogens with zero attached hydrogens (tertiary/aromatic N) is 2. The van der Waals surface area contributed by atoms with Crippen molar-refractivity contribution in [2.24, 2.45) is 0 Å². The Morgan fingerprint density at radius 1 is 1.09 bits per heavy atom. The zero-order chi connectivity index (χ0) is 24.8. The molecule has 0 aliphatic rings. The number of aromatic nitrogens is 1. The molecule has 35 heavy (non-hydrogen) atoms. The van der Waals surface area contributed by atoms with Crippen LogP contribution in [-0.2, 0) is 0 Å². The molecule has 3 N–H and O–H groups in total. The molecule has 0 bridgehead atoms. The highest BCUT2D eigenvalue weighted by atomic mass is 32.1. The minimum atomic E-state index is -0.767. The van der Waals surface area contributed by atoms with Gasteiger partial charge in [0.05, 0.1) is 17.3 Å². The highest BCUT2D eigenvalue weighted by molar-refractivity contribution is 7.80. The molecule has 0 aliphatic carbocycles. The predicted molar refractivity (Wildman–Crippen MR) is 137 cm³/mol. The Labute approximate surface area is 206 Å². The van der Waals surface area contributed by atoms with Crippen LogP contribution in [-0.4, -0.2) is 16.2 Å². The van der Waals surface area contributed by atoms with Gasteiger partial charge in [0.2, 0.25) is 5.88 Å². The zero-order valence-corrected chi connectivity index (χ0v) is 19.4. The van der Waals surface area contributed by atoms with E-state index in [0.717, 1.165) is 10.9 Å². The molecule has 1 aromatic heterocycles. The molecule has 7 nitrogen and oxygen atoms in total. The summed E-state index contributed by atoms with van der Waals surface area (Å²) < 4.78 is 18.5. The Morgan fingerprint density at radius 3 is 2.63 bits per heavy atom. The van der Waals surface area contributed by atoms with Crippen LogP contribution < -0.4 is 20.7 Å². The van der Waals surface area contributed by atoms with Gasteiger partial charge >= 0.3 is 6.09 Å². The lowest BCUT2D eigenvalue weighted by Crippen LogP contribution is -2.30. The van der Waals surface area contributed by atoms with Crippen LogP contribution in [0.2, 0.25) is 0 Å². The van der Waals surface area contributed by atoms with Crippen LogP contribution in [0, 0.1) is 17.1 Å². The molecule has 1 atom stereocenters. The summed E-state index contributed by atoms with van der Waals surface area (Å²) in [5, 5.41) is 20.2. The van der Waals surface area contributed by atoms with Crippen molar-refractivity contribution in [2.75, 3.05) is 10.6 Å². The van der Waals surface area contributed by atoms with Crippen molar-refractivity contribution in [2.45, 2.75) is 13.0 Å². The lowest BCUT2D eigenvalue weighted by Gasteiger charge is -2.18. The number of nitrogens with one attached hydrogen (secondary N) is 3. The van der Waals surface area contributed by atoms with Gasteiger partial charge in [0.15, 0.2) is 5.11 Å². The van der Waals surface area contributed by atoms with E-state index >= 15 is 0 Å². The summed E-state index contributed by atoms with van der Waals surface area (Å²) in [7, 11) is 0. The summed E-state index contributed by atoms with van der Waals surface area (Å²) in [6.45, 7) is 1.89. The Balaban J connectivity index is 1.40. The van der Waals surface area contributed by atoms with Gasteiger partial charge in [0, 0.05) is 17.3 Å². The number of nitriles is 1. The third kappa shape index (κ3) is 5.88. The van der Waals surface area contributed by atoms with Crippen LogP contribution in [0.3, 0.4) is 0 Å². The molecule has 1 unspecified atom stereocenters. The number of hydrogen-bond donors (Lipinski definition) is 3. The summed E-state index contributed by atoms with van der Waals surface area (Å²) >= 11 is 5.36. The van der Waals surface area contributed by atoms with Crippen LogP contribution >= 0.6 is 12.2 Å². The highest BCUT2D eigenvalue weighted by Gasteiger charge is 2.13. The van der Waals surface area contributed by atoms with Crippen molar-refractivity contribution in [1.82, 2.24) is 10.3 Å². The van der Waals surface area contributed by atoms with E-state index in [9.17, 15) is 14.4 Å². The number of benzene rings is 3. The van der Waals surface area contributed by atoms with Gasteiger partial charge in [0.25, 0.3) is 0 Å². The molecule has 0 saturated carbocycles. The number of halogens is 1. The molecule has 1 heterocycles. The van der Waals surface area contributed by atoms with E-state index in [0.29, 0.717) is 16.2 Å². The second-order valence-electron chi connectivity index (χ2n) is 7.60. The number of thiocarbonyl (C=S) groups is 1. The quantitative estimate of drug-likeness (QED) is 0.303. The van der Waals surface area contributed by atoms with E-state index in [1.165, 1.54) is 12.1 Å². The van der Waals surface area contributed by atoms with Crippen LogP contribution in [0.4, 0.5) is 20.6 Å². The molecule has 0 saturated heterocycles. The number of anilines is 2. The summed E-state index contributed by atoms with van der Waals surface area (Å²) in [5.41, 5.74) is 1.92. The fraction of sp³-hybridized carbons (Fsp3) is 0.0769. The van der Waals surface area contributed by atoms with Crippen LogP contribution in [0.5, 0.6) is 5.88 Å². The molecule has 4 aromatic rings. The molecule has 0 spiro atoms. The third-order valence-electron chi connectivity index (χ3n) is 5.18. The number of ether oxygens (including phenoxy) is 1. The van der Waals surface area contributed by atoms with Crippen molar-refractivity contribution >= 4 is 45.6 Å². The van der Waals surface area contributed by atoms with Gasteiger partial charge in [-0.25, -0.2) is 14.2 Å². The number of rotatable bonds is 5. The summed E-state index contributed by atoms with van der Waals surface area (Å²) in [5.74, 6) is -0.138. The third-order valence-corrected chi connectivity index (χ3v) is 5.40. The van der Waals surface area contributed by atoms with Gasteiger partial charge in [-0.1, -0.05) is 30.3 Å². The van der Waals surface area contributed by atoms with Gasteiger partial charge in [-0.15, -0.1) is 0 Å². The topological polar surface area (TPSA) is 99.1 Å². The number of hydrogen-bond acceptors (Lipinski definition) is 5. The highest BCUT2D eigenvalue weighted by Crippen LogP contribution is 2.24. The average molecular weight is 486 g/mol. The second-order valence-corrected chi connectivity index (χ2v) is 8.00. The second kappa shape index (κ2) is 10.6. The fourth-order valence-electron chi connectivity index (χ4n) is 3.42. The zero-order valence-electron chi connectivity index (χ0n) is 18.6. The first-order valence-electron chi connectivity index (χ1n) is 10.6. The number of carbonyl (C=O) groups excluding carboxylic acids is 1. The standard InChI is InChI=1S/C26H20FN5O2S/c1-16(17-6-8-20(27)9-7-17)30-25(35)31-21-10-11-23(19(14-21)15-28)32-26(33)34-24-22-5-3-2-4-18(22)12-13-29-24/h2-14,16H,1H3,(H,32,33)(H2,30,31,35). The molecule has 0 aliphatic heterocycles. The Kier molecular flexibility index (Phi) is 7.14. The molecule has 0 fully saturated rings. The minimum Gasteiger partial charge on any atom is -0.390 e. The van der Waals surface area contributed by atoms with Crippen molar-refractivity contribution in [1.29, 1.82) is 5.26 Å². The van der Waals surface area contributed by atoms with Crippen LogP contribution in [0.25, 0.3) is 10.8 Å². The van der Waals surface area contributed by atoms with Crippen LogP contribution in [0.1, 0.15) is 24.1 Å². The number of amides is 1. The fourth-order valence-corrected chi connectivity index (χ4v) is 3.71. The minimum absolute atomic E-state index is 0.163. The monoisotopic (exact) mass is 485 g/mol. The normalized spacial score (nSPS) is 11.2. The summed E-state index contributed by atoms with van der Waals surface area (Å²) in [4.78, 5) is 16.6. The van der Waals surface area contributed by atoms with E-state index in [2.05, 4.69) is 27.0 Å². The van der Waals surface area contributed by atoms with Crippen molar-refractivity contribution in [3.05, 3.63) is 95.9 Å². The van der Waals surface area contributed by atoms with Gasteiger partial charge in [0.1, 0.15) is 11.9 Å². The Bertz CT molecular complexity index is 1430. The molecule has 0 radical (unpaired) electrons. The van der Waals surface area contributed by atoms with Gasteiger partial charge < -0.3 is 15.4 Å². The largest absolute Gasteiger partial charge is 0.418 e. The van der Waals surface area contributed by atoms with E-state index < -0.39 is 6.09 Å². The summed E-state index contributed by atoms with van der Waals surface area (Å²) in [6, 6.07) is 22.0. The lowest BCUT2D eigenvalue weighted by atomic mass is 10.1. The SMILES string of the molecule is CC(NC(=S)Nc1ccc(NC(=O)Oc2nccc3ccccc23)c(C#N)c1)c1ccc(F)cc1. The van der Waals surface area contributed by atoms with Crippen LogP contribution in [0.15, 0.2) is 79.0 Å². The Morgan fingerprint density at radius 2 is 1.86 bits per heavy atom. The van der Waals surface area contributed by atoms with Gasteiger partial charge in [-0.2, -0.15) is 5.26 Å². The molecule has 174 valence electrons. The predicted octanol–water partition coefficient (Wildman–Crippen LogP) is 5.90. The maximum Gasteiger partial charge on any atom is 0.418 e. The molecule has 1 amide bonds. The first-order valence-corrected chi connectivity index (χ1v) is 11.0. The molecule has 3 aromatic carbocycles. The first kappa shape index (κ1) is 23.6. The molecular weight excluding hydrogens is 465 g/mol. The molecule has 9 heteroatoms. The van der Waals surface area contributed by atoms with E-state index in [-0.39, 0.29) is 29.0 Å². The number of fused-ring (bicyclic) bond motifs is 1. The number of carbonyl (C=O) groups is 1. The van der Waals surface area contributed by atoms with E-state index in [1.54, 1.807) is 42.6 Å².